The van der Waals surface area contributed by atoms with Gasteiger partial charge < -0.3 is 19.8 Å². The van der Waals surface area contributed by atoms with Crippen molar-refractivity contribution in [2.45, 2.75) is 59.2 Å². The Morgan fingerprint density at radius 3 is 2.07 bits per heavy atom. The van der Waals surface area contributed by atoms with Crippen molar-refractivity contribution in [2.24, 2.45) is 4.99 Å². The predicted molar refractivity (Wildman–Crippen MR) is 175 cm³/mol. The second-order valence-electron chi connectivity index (χ2n) is 11.8. The Morgan fingerprint density at radius 2 is 1.47 bits per heavy atom. The van der Waals surface area contributed by atoms with Crippen LogP contribution in [0.3, 0.4) is 0 Å². The zero-order valence-corrected chi connectivity index (χ0v) is 27.0. The summed E-state index contributed by atoms with van der Waals surface area (Å²) in [6.45, 7) is 10.6. The highest BCUT2D eigenvalue weighted by atomic mass is 35.5. The minimum Gasteiger partial charge on any atom is -0.444 e. The highest BCUT2D eigenvalue weighted by Gasteiger charge is 2.21. The lowest BCUT2D eigenvalue weighted by molar-refractivity contribution is 0.0545. The number of hydrogen-bond acceptors (Lipinski definition) is 6. The first-order chi connectivity index (χ1) is 20.1. The van der Waals surface area contributed by atoms with Gasteiger partial charge in [0.1, 0.15) is 11.2 Å². The maximum absolute atomic E-state index is 12.5. The van der Waals surface area contributed by atoms with Crippen LogP contribution < -0.4 is 16.0 Å². The highest BCUT2D eigenvalue weighted by molar-refractivity contribution is 6.42. The third kappa shape index (κ3) is 8.92. The molecule has 4 aromatic rings. The molecule has 1 aromatic heterocycles. The summed E-state index contributed by atoms with van der Waals surface area (Å²) >= 11 is 18.7. The van der Waals surface area contributed by atoms with Crippen molar-refractivity contribution < 1.29 is 19.1 Å². The van der Waals surface area contributed by atoms with E-state index in [1.807, 2.05) is 36.4 Å². The van der Waals surface area contributed by atoms with Gasteiger partial charge >= 0.3 is 12.2 Å². The number of nitrogens with zero attached hydrogens (tertiary/aromatic N) is 1. The third-order valence-electron chi connectivity index (χ3n) is 5.91. The van der Waals surface area contributed by atoms with Gasteiger partial charge in [0.15, 0.2) is 0 Å². The van der Waals surface area contributed by atoms with Crippen LogP contribution in [0.4, 0.5) is 21.0 Å². The van der Waals surface area contributed by atoms with Crippen LogP contribution in [0.15, 0.2) is 53.5 Å². The van der Waals surface area contributed by atoms with E-state index in [4.69, 9.17) is 44.3 Å². The number of aromatic amines is 1. The van der Waals surface area contributed by atoms with Crippen molar-refractivity contribution in [1.29, 1.82) is 0 Å². The summed E-state index contributed by atoms with van der Waals surface area (Å²) in [5, 5.41) is 11.9. The number of nitrogens with one attached hydrogen (secondary N) is 4. The van der Waals surface area contributed by atoms with Crippen LogP contribution in [0.2, 0.25) is 15.1 Å². The van der Waals surface area contributed by atoms with E-state index in [0.717, 1.165) is 38.7 Å². The van der Waals surface area contributed by atoms with Crippen molar-refractivity contribution in [3.63, 3.8) is 0 Å². The summed E-state index contributed by atoms with van der Waals surface area (Å²) in [4.78, 5) is 33.1. The zero-order valence-electron chi connectivity index (χ0n) is 24.7. The lowest BCUT2D eigenvalue weighted by atomic mass is 10.0. The van der Waals surface area contributed by atoms with E-state index in [2.05, 4.69) is 25.9 Å². The van der Waals surface area contributed by atoms with Crippen molar-refractivity contribution >= 4 is 86.1 Å². The molecule has 0 aliphatic rings. The van der Waals surface area contributed by atoms with Crippen molar-refractivity contribution in [2.75, 3.05) is 11.9 Å². The van der Waals surface area contributed by atoms with Crippen molar-refractivity contribution in [3.05, 3.63) is 69.2 Å². The Morgan fingerprint density at radius 1 is 0.814 bits per heavy atom. The van der Waals surface area contributed by atoms with Crippen LogP contribution in [-0.2, 0) is 15.9 Å². The largest absolute Gasteiger partial charge is 0.444 e. The Balaban J connectivity index is 1.69. The number of carbonyl (C=O) groups excluding carboxylic acids is 2. The fraction of sp³-hybridized carbons (Fsp3) is 0.323. The molecule has 1 heterocycles. The first-order valence-corrected chi connectivity index (χ1v) is 14.7. The number of benzene rings is 3. The number of amides is 2. The fourth-order valence-corrected chi connectivity index (χ4v) is 4.76. The lowest BCUT2D eigenvalue weighted by Crippen LogP contribution is -2.47. The standard InChI is InChI=1S/C31H34Cl3N5O4/c1-30(2,3)42-28(40)38-27(39-29(41)43-31(4,5)6)35-14-13-20-24(36-18-8-10-22(33)23(34)16-18)12-9-19-21-15-17(32)7-11-25(21)37-26(19)20/h7-12,15-16,36-37H,13-14H2,1-6H3,(H2,35,38,39,40,41). The summed E-state index contributed by atoms with van der Waals surface area (Å²) in [5.41, 5.74) is 2.78. The van der Waals surface area contributed by atoms with Crippen LogP contribution >= 0.6 is 34.8 Å². The van der Waals surface area contributed by atoms with Gasteiger partial charge in [-0.1, -0.05) is 40.9 Å². The maximum atomic E-state index is 12.5. The molecule has 0 aliphatic carbocycles. The van der Waals surface area contributed by atoms with Crippen LogP contribution in [0.25, 0.3) is 21.8 Å². The van der Waals surface area contributed by atoms with Gasteiger partial charge in [-0.05, 0) is 90.4 Å². The predicted octanol–water partition coefficient (Wildman–Crippen LogP) is 8.97. The normalized spacial score (nSPS) is 11.7. The molecule has 9 nitrogen and oxygen atoms in total. The molecule has 12 heteroatoms. The van der Waals surface area contributed by atoms with Crippen molar-refractivity contribution in [3.8, 4) is 0 Å². The second-order valence-corrected chi connectivity index (χ2v) is 13.1. The summed E-state index contributed by atoms with van der Waals surface area (Å²) < 4.78 is 10.7. The molecular weight excluding hydrogens is 613 g/mol. The first kappa shape index (κ1) is 32.3. The van der Waals surface area contributed by atoms with E-state index in [1.165, 1.54) is 0 Å². The van der Waals surface area contributed by atoms with Gasteiger partial charge in [-0.25, -0.2) is 9.59 Å². The number of anilines is 2. The molecule has 0 unspecified atom stereocenters. The molecule has 3 aromatic carbocycles. The van der Waals surface area contributed by atoms with E-state index >= 15 is 0 Å². The number of rotatable bonds is 5. The van der Waals surface area contributed by atoms with Crippen LogP contribution in [0.1, 0.15) is 47.1 Å². The number of aromatic nitrogens is 1. The number of alkyl carbamates (subject to hydrolysis) is 2. The number of aliphatic imine (C=N–C) groups is 1. The van der Waals surface area contributed by atoms with Gasteiger partial charge in [0.2, 0.25) is 5.96 Å². The minimum absolute atomic E-state index is 0.0990. The van der Waals surface area contributed by atoms with E-state index in [1.54, 1.807) is 53.7 Å². The zero-order chi connectivity index (χ0) is 31.5. The third-order valence-corrected chi connectivity index (χ3v) is 6.89. The molecule has 2 amide bonds. The van der Waals surface area contributed by atoms with E-state index in [0.29, 0.717) is 21.5 Å². The van der Waals surface area contributed by atoms with Gasteiger partial charge in [0.05, 0.1) is 15.6 Å². The maximum Gasteiger partial charge on any atom is 0.414 e. The Hall–Kier alpha value is -3.66. The molecular formula is C31H34Cl3N5O4. The molecule has 0 fully saturated rings. The average Bonchev–Trinajstić information content (AvgIpc) is 3.22. The van der Waals surface area contributed by atoms with E-state index < -0.39 is 23.4 Å². The first-order valence-electron chi connectivity index (χ1n) is 13.6. The van der Waals surface area contributed by atoms with Gasteiger partial charge in [0, 0.05) is 44.8 Å². The van der Waals surface area contributed by atoms with Crippen LogP contribution in [0, 0.1) is 0 Å². The van der Waals surface area contributed by atoms with Gasteiger partial charge in [-0.2, -0.15) is 0 Å². The molecule has 43 heavy (non-hydrogen) atoms. The molecule has 228 valence electrons. The SMILES string of the molecule is CC(C)(C)OC(=O)NC(=NCCc1c(Nc2ccc(Cl)c(Cl)c2)ccc2c1[nH]c1ccc(Cl)cc12)NC(=O)OC(C)(C)C. The molecule has 4 N–H and O–H groups in total. The Bertz CT molecular complexity index is 1670. The van der Waals surface area contributed by atoms with Gasteiger partial charge in [-0.15, -0.1) is 0 Å². The summed E-state index contributed by atoms with van der Waals surface area (Å²) in [7, 11) is 0. The summed E-state index contributed by atoms with van der Waals surface area (Å²) in [6.07, 6.45) is -1.12. The number of ether oxygens (including phenoxy) is 2. The topological polar surface area (TPSA) is 117 Å². The number of fused-ring (bicyclic) bond motifs is 3. The summed E-state index contributed by atoms with van der Waals surface area (Å²) in [6, 6.07) is 14.9. The van der Waals surface area contributed by atoms with Crippen LogP contribution in [-0.4, -0.2) is 40.9 Å². The molecule has 4 rings (SSSR count). The number of hydrogen-bond donors (Lipinski definition) is 4. The molecule has 0 bridgehead atoms. The molecule has 0 spiro atoms. The minimum atomic E-state index is -0.765. The number of carbonyl (C=O) groups is 2. The number of guanidine groups is 1. The van der Waals surface area contributed by atoms with E-state index in [9.17, 15) is 9.59 Å². The van der Waals surface area contributed by atoms with Gasteiger partial charge in [0.25, 0.3) is 0 Å². The van der Waals surface area contributed by atoms with Crippen LogP contribution in [0.5, 0.6) is 0 Å². The van der Waals surface area contributed by atoms with Gasteiger partial charge in [-0.3, -0.25) is 15.6 Å². The lowest BCUT2D eigenvalue weighted by Gasteiger charge is -2.22. The number of halogens is 3. The Labute approximate surface area is 265 Å². The molecule has 0 saturated heterocycles. The summed E-state index contributed by atoms with van der Waals surface area (Å²) in [5.74, 6) is -0.0990. The smallest absolute Gasteiger partial charge is 0.414 e. The fourth-order valence-electron chi connectivity index (χ4n) is 4.29. The highest BCUT2D eigenvalue weighted by Crippen LogP contribution is 2.35. The average molecular weight is 647 g/mol. The molecule has 0 aliphatic heterocycles. The molecule has 0 radical (unpaired) electrons. The van der Waals surface area contributed by atoms with Crippen molar-refractivity contribution in [1.82, 2.24) is 15.6 Å². The Kier molecular flexibility index (Phi) is 9.69. The number of H-pyrrole nitrogens is 1. The molecule has 0 saturated carbocycles. The van der Waals surface area contributed by atoms with E-state index in [-0.39, 0.29) is 12.5 Å². The monoisotopic (exact) mass is 645 g/mol. The second kappa shape index (κ2) is 12.9. The quantitative estimate of drug-likeness (QED) is 0.128. The molecule has 0 atom stereocenters.